The summed E-state index contributed by atoms with van der Waals surface area (Å²) in [5, 5.41) is 15.4. The first-order chi connectivity index (χ1) is 12.4. The van der Waals surface area contributed by atoms with Crippen molar-refractivity contribution in [1.29, 1.82) is 0 Å². The third-order valence-corrected chi connectivity index (χ3v) is 4.06. The van der Waals surface area contributed by atoms with E-state index < -0.39 is 5.66 Å². The summed E-state index contributed by atoms with van der Waals surface area (Å²) >= 11 is 0. The molecule has 8 nitrogen and oxygen atoms in total. The molecule has 134 valence electrons. The first-order valence-electron chi connectivity index (χ1n) is 8.47. The Labute approximate surface area is 152 Å². The van der Waals surface area contributed by atoms with Crippen LogP contribution in [0.2, 0.25) is 0 Å². The summed E-state index contributed by atoms with van der Waals surface area (Å²) in [7, 11) is 0. The van der Waals surface area contributed by atoms with Crippen LogP contribution in [0.4, 0.5) is 5.82 Å². The molecule has 1 amide bonds. The van der Waals surface area contributed by atoms with E-state index in [1.165, 1.54) is 0 Å². The largest absolute Gasteiger partial charge is 0.310 e. The molecule has 1 N–H and O–H groups in total. The van der Waals surface area contributed by atoms with Gasteiger partial charge in [0.15, 0.2) is 5.66 Å². The van der Waals surface area contributed by atoms with Crippen LogP contribution in [0.5, 0.6) is 0 Å². The molecule has 1 aliphatic rings. The van der Waals surface area contributed by atoms with E-state index in [1.807, 2.05) is 26.8 Å². The molecule has 0 radical (unpaired) electrons. The van der Waals surface area contributed by atoms with Crippen molar-refractivity contribution in [2.45, 2.75) is 52.1 Å². The minimum absolute atomic E-state index is 0.132. The average Bonchev–Trinajstić information content (AvgIpc) is 3.26. The number of aryl methyl sites for hydroxylation is 3. The second-order valence-electron chi connectivity index (χ2n) is 6.47. The molecule has 8 heteroatoms. The van der Waals surface area contributed by atoms with Gasteiger partial charge in [0.05, 0.1) is 5.69 Å². The van der Waals surface area contributed by atoms with Crippen molar-refractivity contribution in [3.8, 4) is 18.3 Å². The minimum atomic E-state index is -0.462. The number of terminal acetylenes is 1. The highest BCUT2D eigenvalue weighted by molar-refractivity contribution is 5.90. The van der Waals surface area contributed by atoms with Crippen LogP contribution in [0, 0.1) is 33.1 Å². The Morgan fingerprint density at radius 3 is 2.46 bits per heavy atom. The second kappa shape index (κ2) is 7.04. The highest BCUT2D eigenvalue weighted by Gasteiger charge is 2.39. The van der Waals surface area contributed by atoms with Crippen molar-refractivity contribution in [3.63, 3.8) is 0 Å². The fraction of sp³-hybridized carbons (Fsp3) is 0.444. The van der Waals surface area contributed by atoms with Crippen molar-refractivity contribution in [2.24, 2.45) is 10.2 Å². The quantitative estimate of drug-likeness (QED) is 0.776. The van der Waals surface area contributed by atoms with Gasteiger partial charge in [0.2, 0.25) is 5.91 Å². The van der Waals surface area contributed by atoms with E-state index in [4.69, 9.17) is 6.42 Å². The normalized spacial score (nSPS) is 14.1. The summed E-state index contributed by atoms with van der Waals surface area (Å²) in [5.41, 5.74) is 1.98. The van der Waals surface area contributed by atoms with Gasteiger partial charge in [-0.05, 0) is 26.8 Å². The number of nitrogens with zero attached hydrogens (tertiary/aromatic N) is 6. The maximum Gasteiger partial charge on any atom is 0.252 e. The zero-order valence-corrected chi connectivity index (χ0v) is 15.2. The van der Waals surface area contributed by atoms with Gasteiger partial charge in [-0.3, -0.25) is 4.79 Å². The molecule has 2 aromatic rings. The molecule has 0 saturated heterocycles. The van der Waals surface area contributed by atoms with Crippen LogP contribution in [-0.4, -0.2) is 31.3 Å². The van der Waals surface area contributed by atoms with Gasteiger partial charge in [-0.2, -0.15) is 20.0 Å². The lowest BCUT2D eigenvalue weighted by Gasteiger charge is -2.10. The van der Waals surface area contributed by atoms with E-state index in [1.54, 1.807) is 10.7 Å². The van der Waals surface area contributed by atoms with Gasteiger partial charge in [0.25, 0.3) is 5.95 Å². The van der Waals surface area contributed by atoms with Crippen molar-refractivity contribution in [2.75, 3.05) is 5.32 Å². The maximum atomic E-state index is 12.4. The summed E-state index contributed by atoms with van der Waals surface area (Å²) in [6.45, 7) is 5.64. The molecule has 0 bridgehead atoms. The number of hydrogen-bond donors (Lipinski definition) is 1. The molecule has 0 spiro atoms. The van der Waals surface area contributed by atoms with E-state index in [-0.39, 0.29) is 5.91 Å². The van der Waals surface area contributed by atoms with Crippen molar-refractivity contribution in [1.82, 2.24) is 19.7 Å². The van der Waals surface area contributed by atoms with Gasteiger partial charge in [0, 0.05) is 43.1 Å². The second-order valence-corrected chi connectivity index (χ2v) is 6.47. The number of aromatic nitrogens is 4. The Morgan fingerprint density at radius 2 is 1.85 bits per heavy atom. The predicted molar refractivity (Wildman–Crippen MR) is 96.9 cm³/mol. The van der Waals surface area contributed by atoms with Crippen LogP contribution < -0.4 is 5.32 Å². The number of carbonyl (C=O) groups is 1. The van der Waals surface area contributed by atoms with Gasteiger partial charge in [-0.1, -0.05) is 0 Å². The third-order valence-electron chi connectivity index (χ3n) is 4.06. The van der Waals surface area contributed by atoms with Crippen molar-refractivity contribution >= 4 is 11.7 Å². The standard InChI is InChI=1S/C18H21N7O/c1-5-6-8-18(23-24-18)9-7-16(26)21-15-11-14(4)22-25(15)17-19-12(2)10-13(3)20-17/h1,10-11H,6-9H2,2-4H3,(H,21,26). The topological polar surface area (TPSA) is 97.4 Å². The fourth-order valence-electron chi connectivity index (χ4n) is 2.73. The average molecular weight is 351 g/mol. The predicted octanol–water partition coefficient (Wildman–Crippen LogP) is 2.88. The molecule has 0 atom stereocenters. The molecule has 1 aliphatic heterocycles. The molecule has 0 saturated carbocycles. The van der Waals surface area contributed by atoms with Crippen LogP contribution in [-0.2, 0) is 4.79 Å². The zero-order chi connectivity index (χ0) is 18.7. The highest BCUT2D eigenvalue weighted by atomic mass is 16.1. The number of amides is 1. The van der Waals surface area contributed by atoms with Gasteiger partial charge < -0.3 is 5.32 Å². The van der Waals surface area contributed by atoms with E-state index in [0.29, 0.717) is 37.4 Å². The monoisotopic (exact) mass is 351 g/mol. The summed E-state index contributed by atoms with van der Waals surface area (Å²) in [6.07, 6.45) is 7.42. The van der Waals surface area contributed by atoms with Gasteiger partial charge >= 0.3 is 0 Å². The van der Waals surface area contributed by atoms with Crippen LogP contribution in [0.3, 0.4) is 0 Å². The van der Waals surface area contributed by atoms with Crippen LogP contribution in [0.25, 0.3) is 5.95 Å². The first kappa shape index (κ1) is 17.7. The van der Waals surface area contributed by atoms with Gasteiger partial charge in [0.1, 0.15) is 5.82 Å². The molecule has 0 unspecified atom stereocenters. The Bertz CT molecular complexity index is 880. The van der Waals surface area contributed by atoms with E-state index in [9.17, 15) is 4.79 Å². The smallest absolute Gasteiger partial charge is 0.252 e. The number of nitrogens with one attached hydrogen (secondary N) is 1. The third kappa shape index (κ3) is 4.11. The fourth-order valence-corrected chi connectivity index (χ4v) is 2.73. The molecule has 0 fully saturated rings. The zero-order valence-electron chi connectivity index (χ0n) is 15.2. The molecule has 2 aromatic heterocycles. The molecule has 3 heterocycles. The summed E-state index contributed by atoms with van der Waals surface area (Å²) < 4.78 is 1.55. The first-order valence-corrected chi connectivity index (χ1v) is 8.47. The number of anilines is 1. The van der Waals surface area contributed by atoms with E-state index in [2.05, 4.69) is 36.5 Å². The van der Waals surface area contributed by atoms with E-state index >= 15 is 0 Å². The van der Waals surface area contributed by atoms with Crippen molar-refractivity contribution in [3.05, 3.63) is 29.2 Å². The lowest BCUT2D eigenvalue weighted by Crippen LogP contribution is -2.19. The number of rotatable bonds is 7. The Morgan fingerprint density at radius 1 is 1.15 bits per heavy atom. The number of carbonyl (C=O) groups excluding carboxylic acids is 1. The Hall–Kier alpha value is -3.08. The van der Waals surface area contributed by atoms with Crippen LogP contribution >= 0.6 is 0 Å². The van der Waals surface area contributed by atoms with E-state index in [0.717, 1.165) is 17.1 Å². The summed E-state index contributed by atoms with van der Waals surface area (Å²) in [6, 6.07) is 3.68. The summed E-state index contributed by atoms with van der Waals surface area (Å²) in [5.74, 6) is 3.43. The molecular weight excluding hydrogens is 330 g/mol. The lowest BCUT2D eigenvalue weighted by atomic mass is 10.0. The van der Waals surface area contributed by atoms with Crippen LogP contribution in [0.15, 0.2) is 22.4 Å². The molecule has 26 heavy (non-hydrogen) atoms. The highest BCUT2D eigenvalue weighted by Crippen LogP contribution is 2.37. The minimum Gasteiger partial charge on any atom is -0.310 e. The Kier molecular flexibility index (Phi) is 4.80. The Balaban J connectivity index is 1.68. The lowest BCUT2D eigenvalue weighted by molar-refractivity contribution is -0.116. The molecule has 3 rings (SSSR count). The van der Waals surface area contributed by atoms with Crippen LogP contribution in [0.1, 0.15) is 42.8 Å². The summed E-state index contributed by atoms with van der Waals surface area (Å²) in [4.78, 5) is 21.2. The van der Waals surface area contributed by atoms with Gasteiger partial charge in [-0.15, -0.1) is 12.3 Å². The number of hydrogen-bond acceptors (Lipinski definition) is 6. The molecule has 0 aromatic carbocycles. The molecular formula is C18H21N7O. The SMILES string of the molecule is C#CCCC1(CCC(=O)Nc2cc(C)nn2-c2nc(C)cc(C)n2)N=N1. The van der Waals surface area contributed by atoms with Crippen molar-refractivity contribution < 1.29 is 4.79 Å². The molecule has 0 aliphatic carbocycles. The maximum absolute atomic E-state index is 12.4. The van der Waals surface area contributed by atoms with Gasteiger partial charge in [-0.25, -0.2) is 9.97 Å².